The number of rotatable bonds is 3. The van der Waals surface area contributed by atoms with Crippen LogP contribution in [0.25, 0.3) is 0 Å². The third-order valence-corrected chi connectivity index (χ3v) is 3.31. The summed E-state index contributed by atoms with van der Waals surface area (Å²) in [5.74, 6) is 0. The summed E-state index contributed by atoms with van der Waals surface area (Å²) in [6, 6.07) is 15.7. The summed E-state index contributed by atoms with van der Waals surface area (Å²) in [7, 11) is 0. The minimum Gasteiger partial charge on any atom is -0.378 e. The first-order valence-electron chi connectivity index (χ1n) is 6.13. The molecule has 0 saturated heterocycles. The van der Waals surface area contributed by atoms with Crippen LogP contribution in [0.3, 0.4) is 0 Å². The fourth-order valence-corrected chi connectivity index (χ4v) is 2.21. The SMILES string of the molecule is Cc1cc(Cl)ccc1NC(C)c1cccc(C#N)c1. The zero-order valence-corrected chi connectivity index (χ0v) is 11.7. The van der Waals surface area contributed by atoms with E-state index in [1.807, 2.05) is 49.4 Å². The first-order chi connectivity index (χ1) is 9.10. The molecule has 2 aromatic carbocycles. The van der Waals surface area contributed by atoms with Crippen molar-refractivity contribution in [1.29, 1.82) is 5.26 Å². The number of hydrogen-bond donors (Lipinski definition) is 1. The third-order valence-electron chi connectivity index (χ3n) is 3.08. The van der Waals surface area contributed by atoms with Crippen molar-refractivity contribution in [2.45, 2.75) is 19.9 Å². The molecule has 0 amide bonds. The number of nitrogens with one attached hydrogen (secondary N) is 1. The Morgan fingerprint density at radius 1 is 1.21 bits per heavy atom. The lowest BCUT2D eigenvalue weighted by Crippen LogP contribution is -2.07. The number of halogens is 1. The Morgan fingerprint density at radius 3 is 2.68 bits per heavy atom. The van der Waals surface area contributed by atoms with Gasteiger partial charge in [-0.3, -0.25) is 0 Å². The summed E-state index contributed by atoms with van der Waals surface area (Å²) in [5.41, 5.74) is 3.93. The van der Waals surface area contributed by atoms with Crippen LogP contribution >= 0.6 is 11.6 Å². The summed E-state index contributed by atoms with van der Waals surface area (Å²) in [5, 5.41) is 13.1. The predicted molar refractivity (Wildman–Crippen MR) is 79.4 cm³/mol. The van der Waals surface area contributed by atoms with Crippen molar-refractivity contribution in [2.75, 3.05) is 5.32 Å². The Balaban J connectivity index is 2.20. The van der Waals surface area contributed by atoms with E-state index in [9.17, 15) is 0 Å². The number of nitrogens with zero attached hydrogens (tertiary/aromatic N) is 1. The van der Waals surface area contributed by atoms with Gasteiger partial charge in [-0.1, -0.05) is 23.7 Å². The maximum Gasteiger partial charge on any atom is 0.0991 e. The van der Waals surface area contributed by atoms with Crippen molar-refractivity contribution in [1.82, 2.24) is 0 Å². The molecule has 0 aliphatic heterocycles. The molecule has 2 aromatic rings. The van der Waals surface area contributed by atoms with Crippen molar-refractivity contribution in [3.05, 3.63) is 64.2 Å². The van der Waals surface area contributed by atoms with E-state index in [0.29, 0.717) is 5.56 Å². The van der Waals surface area contributed by atoms with Crippen molar-refractivity contribution in [3.63, 3.8) is 0 Å². The summed E-state index contributed by atoms with van der Waals surface area (Å²) >= 11 is 5.95. The monoisotopic (exact) mass is 270 g/mol. The maximum atomic E-state index is 8.92. The van der Waals surface area contributed by atoms with E-state index in [1.165, 1.54) is 0 Å². The molecule has 0 fully saturated rings. The average Bonchev–Trinajstić information content (AvgIpc) is 2.42. The predicted octanol–water partition coefficient (Wildman–Crippen LogP) is 4.69. The van der Waals surface area contributed by atoms with Crippen LogP contribution in [0, 0.1) is 18.3 Å². The molecule has 0 heterocycles. The molecule has 0 spiro atoms. The summed E-state index contributed by atoms with van der Waals surface area (Å²) < 4.78 is 0. The second-order valence-corrected chi connectivity index (χ2v) is 5.00. The molecule has 0 aliphatic carbocycles. The second-order valence-electron chi connectivity index (χ2n) is 4.56. The van der Waals surface area contributed by atoms with Gasteiger partial charge in [-0.15, -0.1) is 0 Å². The number of nitriles is 1. The third kappa shape index (κ3) is 3.27. The number of benzene rings is 2. The molecule has 96 valence electrons. The Hall–Kier alpha value is -1.98. The van der Waals surface area contributed by atoms with Crippen molar-refractivity contribution < 1.29 is 0 Å². The molecule has 0 aromatic heterocycles. The van der Waals surface area contributed by atoms with Crippen LogP contribution in [0.15, 0.2) is 42.5 Å². The summed E-state index contributed by atoms with van der Waals surface area (Å²) in [6.45, 7) is 4.09. The van der Waals surface area contributed by atoms with Crippen LogP contribution in [-0.4, -0.2) is 0 Å². The molecule has 1 unspecified atom stereocenters. The molecule has 19 heavy (non-hydrogen) atoms. The lowest BCUT2D eigenvalue weighted by molar-refractivity contribution is 0.882. The second kappa shape index (κ2) is 5.77. The molecular weight excluding hydrogens is 256 g/mol. The van der Waals surface area contributed by atoms with E-state index < -0.39 is 0 Å². The van der Waals surface area contributed by atoms with Crippen LogP contribution in [0.2, 0.25) is 5.02 Å². The number of anilines is 1. The first-order valence-corrected chi connectivity index (χ1v) is 6.50. The van der Waals surface area contributed by atoms with E-state index in [-0.39, 0.29) is 6.04 Å². The number of aryl methyl sites for hydroxylation is 1. The average molecular weight is 271 g/mol. The topological polar surface area (TPSA) is 35.8 Å². The molecule has 0 bridgehead atoms. The largest absolute Gasteiger partial charge is 0.378 e. The van der Waals surface area contributed by atoms with E-state index in [4.69, 9.17) is 16.9 Å². The normalized spacial score (nSPS) is 11.7. The van der Waals surface area contributed by atoms with Gasteiger partial charge in [0.2, 0.25) is 0 Å². The smallest absolute Gasteiger partial charge is 0.0991 e. The lowest BCUT2D eigenvalue weighted by atomic mass is 10.0. The molecule has 1 atom stereocenters. The molecule has 1 N–H and O–H groups in total. The van der Waals surface area contributed by atoms with Gasteiger partial charge in [0, 0.05) is 16.8 Å². The van der Waals surface area contributed by atoms with Crippen LogP contribution < -0.4 is 5.32 Å². The van der Waals surface area contributed by atoms with Gasteiger partial charge < -0.3 is 5.32 Å². The van der Waals surface area contributed by atoms with E-state index in [0.717, 1.165) is 21.8 Å². The highest BCUT2D eigenvalue weighted by atomic mass is 35.5. The molecule has 2 nitrogen and oxygen atoms in total. The Labute approximate surface area is 118 Å². The molecule has 3 heteroatoms. The van der Waals surface area contributed by atoms with Gasteiger partial charge in [0.15, 0.2) is 0 Å². The lowest BCUT2D eigenvalue weighted by Gasteiger charge is -2.17. The van der Waals surface area contributed by atoms with E-state index >= 15 is 0 Å². The maximum absolute atomic E-state index is 8.92. The molecule has 0 saturated carbocycles. The molecule has 0 aliphatic rings. The van der Waals surface area contributed by atoms with Crippen LogP contribution in [0.4, 0.5) is 5.69 Å². The van der Waals surface area contributed by atoms with Gasteiger partial charge >= 0.3 is 0 Å². The fraction of sp³-hybridized carbons (Fsp3) is 0.188. The minimum atomic E-state index is 0.133. The van der Waals surface area contributed by atoms with Crippen LogP contribution in [0.5, 0.6) is 0 Å². The van der Waals surface area contributed by atoms with Gasteiger partial charge in [-0.2, -0.15) is 5.26 Å². The van der Waals surface area contributed by atoms with Gasteiger partial charge in [0.1, 0.15) is 0 Å². The van der Waals surface area contributed by atoms with Gasteiger partial charge in [0.05, 0.1) is 11.6 Å². The Bertz CT molecular complexity index is 629. The van der Waals surface area contributed by atoms with Crippen molar-refractivity contribution in [3.8, 4) is 6.07 Å². The molecule has 0 radical (unpaired) electrons. The quantitative estimate of drug-likeness (QED) is 0.878. The zero-order valence-electron chi connectivity index (χ0n) is 10.9. The fourth-order valence-electron chi connectivity index (χ4n) is 1.98. The van der Waals surface area contributed by atoms with Gasteiger partial charge in [-0.05, 0) is 55.3 Å². The Morgan fingerprint density at radius 2 is 2.00 bits per heavy atom. The summed E-state index contributed by atoms with van der Waals surface area (Å²) in [6.07, 6.45) is 0. The standard InChI is InChI=1S/C16H15ClN2/c1-11-8-15(17)6-7-16(11)19-12(2)14-5-3-4-13(9-14)10-18/h3-9,12,19H,1-2H3. The van der Waals surface area contributed by atoms with Crippen LogP contribution in [-0.2, 0) is 0 Å². The Kier molecular flexibility index (Phi) is 4.09. The van der Waals surface area contributed by atoms with Crippen molar-refractivity contribution in [2.24, 2.45) is 0 Å². The van der Waals surface area contributed by atoms with Crippen LogP contribution in [0.1, 0.15) is 29.7 Å². The first kappa shape index (κ1) is 13.5. The molecule has 2 rings (SSSR count). The minimum absolute atomic E-state index is 0.133. The van der Waals surface area contributed by atoms with E-state index in [2.05, 4.69) is 18.3 Å². The number of hydrogen-bond acceptors (Lipinski definition) is 2. The highest BCUT2D eigenvalue weighted by Crippen LogP contribution is 2.24. The zero-order chi connectivity index (χ0) is 13.8. The van der Waals surface area contributed by atoms with E-state index in [1.54, 1.807) is 0 Å². The van der Waals surface area contributed by atoms with Gasteiger partial charge in [0.25, 0.3) is 0 Å². The van der Waals surface area contributed by atoms with Crippen molar-refractivity contribution >= 4 is 17.3 Å². The summed E-state index contributed by atoms with van der Waals surface area (Å²) in [4.78, 5) is 0. The van der Waals surface area contributed by atoms with Gasteiger partial charge in [-0.25, -0.2) is 0 Å². The highest BCUT2D eigenvalue weighted by molar-refractivity contribution is 6.30. The molecular formula is C16H15ClN2. The highest BCUT2D eigenvalue weighted by Gasteiger charge is 2.07.